The van der Waals surface area contributed by atoms with Gasteiger partial charge in [-0.15, -0.1) is 0 Å². The number of nitrogens with zero attached hydrogens (tertiary/aromatic N) is 3. The Kier molecular flexibility index (Phi) is 5.62. The van der Waals surface area contributed by atoms with Crippen LogP contribution in [0, 0.1) is 6.92 Å². The lowest BCUT2D eigenvalue weighted by Crippen LogP contribution is -2.36. The largest absolute Gasteiger partial charge is 0.478 e. The van der Waals surface area contributed by atoms with Gasteiger partial charge in [-0.25, -0.2) is 9.78 Å². The summed E-state index contributed by atoms with van der Waals surface area (Å²) in [5.41, 5.74) is 4.54. The molecule has 8 nitrogen and oxygen atoms in total. The number of aromatic nitrogens is 3. The van der Waals surface area contributed by atoms with Crippen molar-refractivity contribution in [1.29, 1.82) is 0 Å². The number of ether oxygens (including phenoxy) is 2. The number of benzene rings is 2. The highest BCUT2D eigenvalue weighted by molar-refractivity contribution is 6.33. The van der Waals surface area contributed by atoms with E-state index in [1.54, 1.807) is 25.1 Å². The molecule has 0 amide bonds. The minimum Gasteiger partial charge on any atom is -0.478 e. The van der Waals surface area contributed by atoms with E-state index in [0.717, 1.165) is 37.6 Å². The Balaban J connectivity index is 1.41. The standard InChI is InChI=1S/C24H21ClN4O4/c1-14-2-7-17(12-18(14)23(30)31)33-24-26-20-13-19(25)21(27-22(20)28-24)15-3-5-16(6-4-15)29-8-10-32-11-9-29/h2-7,12-13H,8-11H2,1H3,(H,30,31)(H,26,27,28). The number of nitrogens with one attached hydrogen (secondary N) is 1. The van der Waals surface area contributed by atoms with E-state index in [1.165, 1.54) is 6.07 Å². The fourth-order valence-electron chi connectivity index (χ4n) is 3.80. The first-order valence-electron chi connectivity index (χ1n) is 10.5. The first-order chi connectivity index (χ1) is 16.0. The number of hydrogen-bond acceptors (Lipinski definition) is 6. The Morgan fingerprint density at radius 3 is 2.61 bits per heavy atom. The lowest BCUT2D eigenvalue weighted by atomic mass is 10.1. The molecule has 9 heteroatoms. The molecule has 3 heterocycles. The number of H-pyrrole nitrogens is 1. The van der Waals surface area contributed by atoms with Gasteiger partial charge in [-0.05, 0) is 42.8 Å². The molecule has 0 aliphatic carbocycles. The minimum absolute atomic E-state index is 0.174. The summed E-state index contributed by atoms with van der Waals surface area (Å²) in [6.45, 7) is 4.94. The molecule has 1 aliphatic rings. The van der Waals surface area contributed by atoms with Gasteiger partial charge in [0, 0.05) is 24.3 Å². The number of hydrogen-bond donors (Lipinski definition) is 2. The van der Waals surface area contributed by atoms with Crippen molar-refractivity contribution in [2.75, 3.05) is 31.2 Å². The maximum Gasteiger partial charge on any atom is 0.336 e. The predicted molar refractivity (Wildman–Crippen MR) is 126 cm³/mol. The van der Waals surface area contributed by atoms with Crippen LogP contribution in [0.3, 0.4) is 0 Å². The van der Waals surface area contributed by atoms with Crippen molar-refractivity contribution in [3.05, 3.63) is 64.7 Å². The highest BCUT2D eigenvalue weighted by Crippen LogP contribution is 2.32. The molecule has 5 rings (SSSR count). The minimum atomic E-state index is -1.01. The molecule has 168 valence electrons. The van der Waals surface area contributed by atoms with Crippen molar-refractivity contribution < 1.29 is 19.4 Å². The number of halogens is 1. The summed E-state index contributed by atoms with van der Waals surface area (Å²) in [5.74, 6) is -0.651. The van der Waals surface area contributed by atoms with Crippen molar-refractivity contribution in [1.82, 2.24) is 15.0 Å². The third-order valence-corrected chi connectivity index (χ3v) is 5.86. The van der Waals surface area contributed by atoms with E-state index in [0.29, 0.717) is 33.2 Å². The Morgan fingerprint density at radius 2 is 1.88 bits per heavy atom. The highest BCUT2D eigenvalue weighted by Gasteiger charge is 2.15. The molecule has 2 aromatic heterocycles. The van der Waals surface area contributed by atoms with Gasteiger partial charge >= 0.3 is 12.0 Å². The van der Waals surface area contributed by atoms with E-state index in [9.17, 15) is 9.90 Å². The van der Waals surface area contributed by atoms with Crippen LogP contribution in [0.15, 0.2) is 48.5 Å². The second-order valence-electron chi connectivity index (χ2n) is 7.76. The lowest BCUT2D eigenvalue weighted by Gasteiger charge is -2.28. The molecular formula is C24H21ClN4O4. The third kappa shape index (κ3) is 4.35. The van der Waals surface area contributed by atoms with Gasteiger partial charge < -0.3 is 24.5 Å². The second-order valence-corrected chi connectivity index (χ2v) is 8.17. The summed E-state index contributed by atoms with van der Waals surface area (Å²) in [5, 5.41) is 9.81. The van der Waals surface area contributed by atoms with E-state index in [4.69, 9.17) is 21.1 Å². The van der Waals surface area contributed by atoms with Crippen LogP contribution in [0.4, 0.5) is 5.69 Å². The smallest absolute Gasteiger partial charge is 0.336 e. The number of carboxylic acid groups (broad SMARTS) is 1. The number of aromatic carboxylic acids is 1. The summed E-state index contributed by atoms with van der Waals surface area (Å²) in [4.78, 5) is 25.7. The molecule has 0 radical (unpaired) electrons. The number of pyridine rings is 1. The molecule has 1 aliphatic heterocycles. The summed E-state index contributed by atoms with van der Waals surface area (Å²) in [6, 6.07) is 14.9. The van der Waals surface area contributed by atoms with E-state index in [2.05, 4.69) is 32.0 Å². The summed E-state index contributed by atoms with van der Waals surface area (Å²) >= 11 is 6.53. The SMILES string of the molecule is Cc1ccc(Oc2nc3nc(-c4ccc(N5CCOCC5)cc4)c(Cl)cc3[nH]2)cc1C(=O)O. The molecule has 2 N–H and O–H groups in total. The van der Waals surface area contributed by atoms with Crippen molar-refractivity contribution >= 4 is 34.4 Å². The van der Waals surface area contributed by atoms with Crippen LogP contribution >= 0.6 is 11.6 Å². The molecule has 2 aromatic carbocycles. The van der Waals surface area contributed by atoms with Crippen molar-refractivity contribution in [3.8, 4) is 23.0 Å². The van der Waals surface area contributed by atoms with Crippen LogP contribution in [0.5, 0.6) is 11.8 Å². The molecule has 0 bridgehead atoms. The molecule has 0 spiro atoms. The zero-order valence-corrected chi connectivity index (χ0v) is 18.6. The number of rotatable bonds is 5. The summed E-state index contributed by atoms with van der Waals surface area (Å²) in [6.07, 6.45) is 0. The maximum atomic E-state index is 11.4. The lowest BCUT2D eigenvalue weighted by molar-refractivity contribution is 0.0695. The monoisotopic (exact) mass is 464 g/mol. The number of anilines is 1. The van der Waals surface area contributed by atoms with Crippen LogP contribution in [-0.2, 0) is 4.74 Å². The zero-order chi connectivity index (χ0) is 22.9. The van der Waals surface area contributed by atoms with Gasteiger partial charge in [0.1, 0.15) is 5.75 Å². The maximum absolute atomic E-state index is 11.4. The van der Waals surface area contributed by atoms with Crippen LogP contribution in [-0.4, -0.2) is 52.3 Å². The normalized spacial score (nSPS) is 13.9. The fraction of sp³-hybridized carbons (Fsp3) is 0.208. The van der Waals surface area contributed by atoms with Gasteiger partial charge in [-0.3, -0.25) is 0 Å². The molecule has 0 atom stereocenters. The molecule has 33 heavy (non-hydrogen) atoms. The number of morpholine rings is 1. The van der Waals surface area contributed by atoms with Gasteiger partial charge in [0.2, 0.25) is 0 Å². The average molecular weight is 465 g/mol. The molecule has 1 saturated heterocycles. The fourth-order valence-corrected chi connectivity index (χ4v) is 4.07. The third-order valence-electron chi connectivity index (χ3n) is 5.58. The van der Waals surface area contributed by atoms with Gasteiger partial charge in [0.05, 0.1) is 35.0 Å². The van der Waals surface area contributed by atoms with Crippen molar-refractivity contribution in [3.63, 3.8) is 0 Å². The summed E-state index contributed by atoms with van der Waals surface area (Å²) in [7, 11) is 0. The van der Waals surface area contributed by atoms with Gasteiger partial charge in [-0.2, -0.15) is 4.98 Å². The molecule has 4 aromatic rings. The van der Waals surface area contributed by atoms with Crippen LogP contribution in [0.2, 0.25) is 5.02 Å². The van der Waals surface area contributed by atoms with Gasteiger partial charge in [-0.1, -0.05) is 29.8 Å². The molecule has 0 saturated carbocycles. The molecular weight excluding hydrogens is 444 g/mol. The number of aromatic amines is 1. The topological polar surface area (TPSA) is 101 Å². The van der Waals surface area contributed by atoms with E-state index in [-0.39, 0.29) is 11.6 Å². The first kappa shape index (κ1) is 21.2. The first-order valence-corrected chi connectivity index (χ1v) is 10.9. The molecule has 1 fully saturated rings. The van der Waals surface area contributed by atoms with Gasteiger partial charge in [0.25, 0.3) is 0 Å². The van der Waals surface area contributed by atoms with E-state index < -0.39 is 5.97 Å². The Bertz CT molecular complexity index is 1330. The quantitative estimate of drug-likeness (QED) is 0.432. The van der Waals surface area contributed by atoms with Crippen LogP contribution in [0.1, 0.15) is 15.9 Å². The van der Waals surface area contributed by atoms with Crippen molar-refractivity contribution in [2.45, 2.75) is 6.92 Å². The van der Waals surface area contributed by atoms with Gasteiger partial charge in [0.15, 0.2) is 5.65 Å². The Labute approximate surface area is 194 Å². The number of imidazole rings is 1. The predicted octanol–water partition coefficient (Wildman–Crippen LogP) is 4.91. The number of carbonyl (C=O) groups is 1. The highest BCUT2D eigenvalue weighted by atomic mass is 35.5. The summed E-state index contributed by atoms with van der Waals surface area (Å²) < 4.78 is 11.2. The number of fused-ring (bicyclic) bond motifs is 1. The second kappa shape index (κ2) is 8.73. The average Bonchev–Trinajstić information content (AvgIpc) is 3.21. The van der Waals surface area contributed by atoms with Crippen molar-refractivity contribution in [2.24, 2.45) is 0 Å². The van der Waals surface area contributed by atoms with Crippen LogP contribution in [0.25, 0.3) is 22.4 Å². The van der Waals surface area contributed by atoms with E-state index in [1.807, 2.05) is 12.1 Å². The zero-order valence-electron chi connectivity index (χ0n) is 17.8. The number of carboxylic acids is 1. The number of aryl methyl sites for hydroxylation is 1. The Morgan fingerprint density at radius 1 is 1.12 bits per heavy atom. The van der Waals surface area contributed by atoms with Crippen LogP contribution < -0.4 is 9.64 Å². The Hall–Kier alpha value is -3.62. The van der Waals surface area contributed by atoms with E-state index >= 15 is 0 Å². The molecule has 0 unspecified atom stereocenters.